The monoisotopic (exact) mass is 417 g/mol. The molecule has 2 aromatic heterocycles. The Balaban J connectivity index is 1.62. The van der Waals surface area contributed by atoms with Crippen LogP contribution in [0.1, 0.15) is 16.1 Å². The third kappa shape index (κ3) is 3.76. The third-order valence-electron chi connectivity index (χ3n) is 3.41. The normalized spacial score (nSPS) is 17.3. The number of hydrogen-bond acceptors (Lipinski definition) is 7. The lowest BCUT2D eigenvalue weighted by Crippen LogP contribution is -2.25. The van der Waals surface area contributed by atoms with Gasteiger partial charge in [-0.25, -0.2) is 9.78 Å². The first-order chi connectivity index (χ1) is 11.1. The molecule has 0 aromatic carbocycles. The van der Waals surface area contributed by atoms with E-state index in [-0.39, 0.29) is 12.1 Å². The quantitative estimate of drug-likeness (QED) is 0.709. The first-order valence-electron chi connectivity index (χ1n) is 6.83. The number of carbonyl (C=O) groups is 1. The number of aromatic nitrogens is 2. The predicted octanol–water partition coefficient (Wildman–Crippen LogP) is 3.40. The number of thiophene rings is 1. The van der Waals surface area contributed by atoms with Crippen molar-refractivity contribution in [2.24, 2.45) is 0 Å². The second-order valence-corrected chi connectivity index (χ2v) is 7.67. The molecule has 0 amide bonds. The van der Waals surface area contributed by atoms with E-state index in [0.717, 1.165) is 16.8 Å². The number of nitrogens with zero attached hydrogens (tertiary/aromatic N) is 3. The summed E-state index contributed by atoms with van der Waals surface area (Å²) in [5.74, 6) is 0.976. The van der Waals surface area contributed by atoms with Crippen LogP contribution in [0.15, 0.2) is 22.2 Å². The van der Waals surface area contributed by atoms with E-state index in [2.05, 4.69) is 25.9 Å². The van der Waals surface area contributed by atoms with Crippen LogP contribution in [0.25, 0.3) is 0 Å². The van der Waals surface area contributed by atoms with Crippen LogP contribution in [0.5, 0.6) is 5.75 Å². The number of esters is 1. The Hall–Kier alpha value is -1.38. The zero-order chi connectivity index (χ0) is 16.4. The molecule has 2 aromatic rings. The highest BCUT2D eigenvalue weighted by Crippen LogP contribution is 2.35. The number of halogens is 2. The summed E-state index contributed by atoms with van der Waals surface area (Å²) in [6.45, 7) is 1.31. The van der Waals surface area contributed by atoms with E-state index in [9.17, 15) is 4.79 Å². The average molecular weight is 419 g/mol. The van der Waals surface area contributed by atoms with Crippen LogP contribution in [0.4, 0.5) is 5.82 Å². The van der Waals surface area contributed by atoms with Crippen LogP contribution in [0.3, 0.4) is 0 Å². The van der Waals surface area contributed by atoms with Gasteiger partial charge in [0, 0.05) is 19.0 Å². The molecule has 122 valence electrons. The minimum absolute atomic E-state index is 0.185. The molecule has 0 bridgehead atoms. The lowest BCUT2D eigenvalue weighted by Gasteiger charge is -2.16. The summed E-state index contributed by atoms with van der Waals surface area (Å²) in [7, 11) is 1.56. The van der Waals surface area contributed by atoms with Crippen LogP contribution in [0.2, 0.25) is 5.15 Å². The topological polar surface area (TPSA) is 64.6 Å². The highest BCUT2D eigenvalue weighted by molar-refractivity contribution is 9.11. The number of ether oxygens (including phenoxy) is 2. The second kappa shape index (κ2) is 7.02. The molecule has 0 aliphatic carbocycles. The highest BCUT2D eigenvalue weighted by atomic mass is 79.9. The summed E-state index contributed by atoms with van der Waals surface area (Å²) >= 11 is 10.5. The Morgan fingerprint density at radius 2 is 2.35 bits per heavy atom. The molecule has 1 aliphatic rings. The molecule has 0 radical (unpaired) electrons. The van der Waals surface area contributed by atoms with Gasteiger partial charge in [0.25, 0.3) is 0 Å². The standard InChI is InChI=1S/C14H13BrClN3O3S/c1-21-9-4-10(23-13(9)15)14(20)22-8-2-3-19(7-8)12-6-17-5-11(16)18-12/h4-6,8H,2-3,7H2,1H3/t8-/m1/s1. The van der Waals surface area contributed by atoms with Crippen molar-refractivity contribution in [3.63, 3.8) is 0 Å². The van der Waals surface area contributed by atoms with Crippen molar-refractivity contribution < 1.29 is 14.3 Å². The van der Waals surface area contributed by atoms with Crippen LogP contribution in [-0.2, 0) is 4.74 Å². The molecule has 3 rings (SSSR count). The number of rotatable bonds is 4. The van der Waals surface area contributed by atoms with Gasteiger partial charge in [-0.1, -0.05) is 11.6 Å². The van der Waals surface area contributed by atoms with Gasteiger partial charge in [0.2, 0.25) is 0 Å². The second-order valence-electron chi connectivity index (χ2n) is 4.91. The van der Waals surface area contributed by atoms with E-state index in [4.69, 9.17) is 21.1 Å². The highest BCUT2D eigenvalue weighted by Gasteiger charge is 2.28. The van der Waals surface area contributed by atoms with E-state index in [1.165, 1.54) is 17.5 Å². The van der Waals surface area contributed by atoms with Gasteiger partial charge in [0.05, 0.1) is 26.0 Å². The van der Waals surface area contributed by atoms with Crippen molar-refractivity contribution >= 4 is 50.7 Å². The van der Waals surface area contributed by atoms with Crippen molar-refractivity contribution in [2.45, 2.75) is 12.5 Å². The van der Waals surface area contributed by atoms with Gasteiger partial charge < -0.3 is 14.4 Å². The number of hydrogen-bond donors (Lipinski definition) is 0. The summed E-state index contributed by atoms with van der Waals surface area (Å²) in [6, 6.07) is 1.67. The lowest BCUT2D eigenvalue weighted by molar-refractivity contribution is 0.0353. The first kappa shape index (κ1) is 16.5. The molecule has 0 N–H and O–H groups in total. The molecule has 0 unspecified atom stereocenters. The third-order valence-corrected chi connectivity index (χ3v) is 5.36. The summed E-state index contributed by atoms with van der Waals surface area (Å²) in [4.78, 5) is 23.0. The molecule has 9 heteroatoms. The Bertz CT molecular complexity index is 727. The SMILES string of the molecule is COc1cc(C(=O)O[C@@H]2CCN(c3cncc(Cl)n3)C2)sc1Br. The predicted molar refractivity (Wildman–Crippen MR) is 91.6 cm³/mol. The summed E-state index contributed by atoms with van der Waals surface area (Å²) in [5.41, 5.74) is 0. The Morgan fingerprint density at radius 3 is 3.04 bits per heavy atom. The lowest BCUT2D eigenvalue weighted by atomic mass is 10.3. The van der Waals surface area contributed by atoms with Crippen molar-refractivity contribution in [1.29, 1.82) is 0 Å². The van der Waals surface area contributed by atoms with Crippen LogP contribution in [0, 0.1) is 0 Å². The summed E-state index contributed by atoms with van der Waals surface area (Å²) in [5, 5.41) is 0.346. The van der Waals surface area contributed by atoms with Crippen LogP contribution >= 0.6 is 38.9 Å². The van der Waals surface area contributed by atoms with Crippen molar-refractivity contribution in [2.75, 3.05) is 25.1 Å². The van der Waals surface area contributed by atoms with E-state index < -0.39 is 0 Å². The smallest absolute Gasteiger partial charge is 0.348 e. The van der Waals surface area contributed by atoms with Crippen LogP contribution in [-0.4, -0.2) is 42.2 Å². The van der Waals surface area contributed by atoms with E-state index in [1.807, 2.05) is 4.90 Å². The molecule has 0 saturated carbocycles. The van der Waals surface area contributed by atoms with Crippen molar-refractivity contribution in [3.05, 3.63) is 32.3 Å². The number of carbonyl (C=O) groups excluding carboxylic acids is 1. The molecule has 1 fully saturated rings. The van der Waals surface area contributed by atoms with Gasteiger partial charge in [-0.3, -0.25) is 4.98 Å². The zero-order valence-electron chi connectivity index (χ0n) is 12.2. The minimum atomic E-state index is -0.344. The fourth-order valence-electron chi connectivity index (χ4n) is 2.32. The molecule has 6 nitrogen and oxygen atoms in total. The van der Waals surface area contributed by atoms with Gasteiger partial charge in [-0.05, 0) is 15.9 Å². The minimum Gasteiger partial charge on any atom is -0.495 e. The maximum Gasteiger partial charge on any atom is 0.348 e. The van der Waals surface area contributed by atoms with Crippen LogP contribution < -0.4 is 9.64 Å². The Labute approximate surface area is 150 Å². The molecule has 1 atom stereocenters. The number of methoxy groups -OCH3 is 1. The first-order valence-corrected chi connectivity index (χ1v) is 8.82. The van der Waals surface area contributed by atoms with Gasteiger partial charge >= 0.3 is 5.97 Å². The molecule has 0 spiro atoms. The van der Waals surface area contributed by atoms with E-state index in [1.54, 1.807) is 19.4 Å². The van der Waals surface area contributed by atoms with Gasteiger partial charge in [-0.15, -0.1) is 11.3 Å². The fourth-order valence-corrected chi connectivity index (χ4v) is 3.99. The van der Waals surface area contributed by atoms with Gasteiger partial charge in [0.1, 0.15) is 31.5 Å². The number of anilines is 1. The van der Waals surface area contributed by atoms with Gasteiger partial charge in [-0.2, -0.15) is 0 Å². The molecular weight excluding hydrogens is 406 g/mol. The summed E-state index contributed by atoms with van der Waals surface area (Å²) < 4.78 is 11.5. The largest absolute Gasteiger partial charge is 0.495 e. The molecule has 3 heterocycles. The summed E-state index contributed by atoms with van der Waals surface area (Å²) in [6.07, 6.45) is 3.69. The maximum absolute atomic E-state index is 12.2. The van der Waals surface area contributed by atoms with Crippen molar-refractivity contribution in [3.8, 4) is 5.75 Å². The molecule has 1 saturated heterocycles. The molecular formula is C14H13BrClN3O3S. The average Bonchev–Trinajstić information content (AvgIpc) is 3.14. The Morgan fingerprint density at radius 1 is 1.52 bits per heavy atom. The fraction of sp³-hybridized carbons (Fsp3) is 0.357. The Kier molecular flexibility index (Phi) is 5.03. The van der Waals surface area contributed by atoms with E-state index >= 15 is 0 Å². The van der Waals surface area contributed by atoms with Crippen molar-refractivity contribution in [1.82, 2.24) is 9.97 Å². The van der Waals surface area contributed by atoms with E-state index in [0.29, 0.717) is 28.1 Å². The van der Waals surface area contributed by atoms with Gasteiger partial charge in [0.15, 0.2) is 0 Å². The maximum atomic E-state index is 12.2. The molecule has 23 heavy (non-hydrogen) atoms. The zero-order valence-corrected chi connectivity index (χ0v) is 15.3. The molecule has 1 aliphatic heterocycles.